The Labute approximate surface area is 231 Å². The minimum atomic E-state index is -1.31. The first-order chi connectivity index (χ1) is 18.3. The van der Waals surface area contributed by atoms with Gasteiger partial charge in [0.2, 0.25) is 5.95 Å². The number of rotatable bonds is 14. The summed E-state index contributed by atoms with van der Waals surface area (Å²) < 4.78 is 18.0. The predicted octanol–water partition coefficient (Wildman–Crippen LogP) is 3.68. The van der Waals surface area contributed by atoms with Gasteiger partial charge in [-0.2, -0.15) is 15.2 Å². The molecule has 1 saturated heterocycles. The zero-order chi connectivity index (χ0) is 27.2. The standard InChI is InChI=1S/C25H37N9O2S2/c1-5-16(3)9-19(10-18(6-2)32-38(36)34-13-17(11-26)14-34)33(4)24-29-22-21(7-8-27-22)23(30-24)31-25-28-12-20(15-35)37-25/h7-8,12,16-19,32,35H,5-6,9-10,13-15H2,1-4H3,(H2,27,28,29,30,31). The van der Waals surface area contributed by atoms with Crippen molar-refractivity contribution in [3.63, 3.8) is 0 Å². The summed E-state index contributed by atoms with van der Waals surface area (Å²) in [6.07, 6.45) is 7.10. The minimum absolute atomic E-state index is 0.0346. The number of hydrogen-bond acceptors (Lipinski definition) is 11. The first kappa shape index (κ1) is 28.5. The van der Waals surface area contributed by atoms with Gasteiger partial charge < -0.3 is 24.9 Å². The molecule has 3 aromatic rings. The fourth-order valence-corrected chi connectivity index (χ4v) is 6.43. The van der Waals surface area contributed by atoms with E-state index in [4.69, 9.17) is 15.2 Å². The molecule has 1 aliphatic rings. The van der Waals surface area contributed by atoms with E-state index in [1.807, 2.05) is 23.6 Å². The van der Waals surface area contributed by atoms with Gasteiger partial charge >= 0.3 is 0 Å². The van der Waals surface area contributed by atoms with E-state index in [0.717, 1.165) is 41.6 Å². The highest BCUT2D eigenvalue weighted by atomic mass is 32.2. The molecular formula is C25H37N9O2S2. The van der Waals surface area contributed by atoms with Crippen molar-refractivity contribution in [1.29, 1.82) is 5.26 Å². The lowest BCUT2D eigenvalue weighted by Gasteiger charge is -2.37. The zero-order valence-electron chi connectivity index (χ0n) is 22.3. The second-order valence-electron chi connectivity index (χ2n) is 9.92. The summed E-state index contributed by atoms with van der Waals surface area (Å²) in [7, 11) is 2.02. The molecule has 0 saturated carbocycles. The molecule has 0 aromatic carbocycles. The van der Waals surface area contributed by atoms with Crippen molar-refractivity contribution in [2.24, 2.45) is 11.8 Å². The van der Waals surface area contributed by atoms with E-state index >= 15 is 0 Å². The average molecular weight is 560 g/mol. The van der Waals surface area contributed by atoms with Crippen molar-refractivity contribution in [3.8, 4) is 6.07 Å². The molecule has 4 unspecified atom stereocenters. The summed E-state index contributed by atoms with van der Waals surface area (Å²) >= 11 is 0.0695. The van der Waals surface area contributed by atoms with Crippen molar-refractivity contribution in [3.05, 3.63) is 23.3 Å². The predicted molar refractivity (Wildman–Crippen MR) is 152 cm³/mol. The number of nitriles is 1. The Morgan fingerprint density at radius 3 is 2.79 bits per heavy atom. The van der Waals surface area contributed by atoms with Gasteiger partial charge in [-0.1, -0.05) is 38.5 Å². The molecule has 4 heterocycles. The van der Waals surface area contributed by atoms with Crippen LogP contribution in [0.5, 0.6) is 0 Å². The Kier molecular flexibility index (Phi) is 9.80. The van der Waals surface area contributed by atoms with Crippen LogP contribution < -0.4 is 14.9 Å². The fraction of sp³-hybridized carbons (Fsp3) is 0.600. The van der Waals surface area contributed by atoms with Crippen LogP contribution in [0, 0.1) is 23.2 Å². The van der Waals surface area contributed by atoms with Crippen molar-refractivity contribution in [2.45, 2.75) is 65.1 Å². The summed E-state index contributed by atoms with van der Waals surface area (Å²) in [6, 6.07) is 4.31. The van der Waals surface area contributed by atoms with Crippen LogP contribution in [0.15, 0.2) is 18.5 Å². The van der Waals surface area contributed by atoms with Gasteiger partial charge in [0.15, 0.2) is 5.13 Å². The van der Waals surface area contributed by atoms with Gasteiger partial charge in [0, 0.05) is 25.5 Å². The first-order valence-corrected chi connectivity index (χ1v) is 15.0. The van der Waals surface area contributed by atoms with Gasteiger partial charge in [0.1, 0.15) is 23.0 Å². The summed E-state index contributed by atoms with van der Waals surface area (Å²) in [4.78, 5) is 20.2. The summed E-state index contributed by atoms with van der Waals surface area (Å²) in [5, 5.41) is 23.3. The number of fused-ring (bicyclic) bond motifs is 1. The molecule has 4 rings (SSSR count). The SMILES string of the molecule is CCC(C)CC(CC(CC)N[S+]([O-])N1CC(C#N)C1)N(C)c1nc(Nc2ncc(CO)s2)c2cc[nH]c2n1. The highest BCUT2D eigenvalue weighted by Crippen LogP contribution is 2.30. The van der Waals surface area contributed by atoms with Gasteiger partial charge in [-0.3, -0.25) is 0 Å². The molecule has 0 radical (unpaired) electrons. The third kappa shape index (κ3) is 6.74. The van der Waals surface area contributed by atoms with Gasteiger partial charge in [-0.05, 0) is 31.2 Å². The number of anilines is 3. The number of aromatic nitrogens is 4. The maximum absolute atomic E-state index is 12.9. The molecule has 1 fully saturated rings. The van der Waals surface area contributed by atoms with Crippen LogP contribution in [0.1, 0.15) is 51.3 Å². The van der Waals surface area contributed by atoms with E-state index < -0.39 is 11.5 Å². The van der Waals surface area contributed by atoms with Gasteiger partial charge in [0.25, 0.3) is 0 Å². The molecule has 0 bridgehead atoms. The van der Waals surface area contributed by atoms with Crippen molar-refractivity contribution < 1.29 is 9.66 Å². The van der Waals surface area contributed by atoms with Crippen LogP contribution in [-0.2, 0) is 18.2 Å². The van der Waals surface area contributed by atoms with Crippen LogP contribution in [0.2, 0.25) is 0 Å². The Morgan fingerprint density at radius 2 is 2.13 bits per heavy atom. The molecule has 3 aromatic heterocycles. The smallest absolute Gasteiger partial charge is 0.229 e. The number of H-pyrrole nitrogens is 1. The number of thiazole rings is 1. The fourth-order valence-electron chi connectivity index (χ4n) is 4.43. The highest BCUT2D eigenvalue weighted by molar-refractivity contribution is 7.87. The van der Waals surface area contributed by atoms with E-state index in [1.165, 1.54) is 11.3 Å². The van der Waals surface area contributed by atoms with Gasteiger partial charge in [-0.25, -0.2) is 4.98 Å². The number of hydrogen-bond donors (Lipinski definition) is 4. The molecule has 1 aliphatic heterocycles. The third-order valence-corrected chi connectivity index (χ3v) is 9.35. The third-order valence-electron chi connectivity index (χ3n) is 7.16. The highest BCUT2D eigenvalue weighted by Gasteiger charge is 2.37. The molecule has 206 valence electrons. The molecule has 0 amide bonds. The molecule has 0 aliphatic carbocycles. The van der Waals surface area contributed by atoms with E-state index in [0.29, 0.717) is 35.9 Å². The number of nitrogens with one attached hydrogen (secondary N) is 3. The van der Waals surface area contributed by atoms with Crippen LogP contribution >= 0.6 is 11.3 Å². The van der Waals surface area contributed by atoms with Gasteiger partial charge in [-0.15, -0.1) is 9.03 Å². The minimum Gasteiger partial charge on any atom is -0.579 e. The molecule has 13 heteroatoms. The maximum atomic E-state index is 12.9. The number of aromatic amines is 1. The van der Waals surface area contributed by atoms with Gasteiger partial charge in [0.05, 0.1) is 48.0 Å². The summed E-state index contributed by atoms with van der Waals surface area (Å²) in [5.41, 5.74) is 0.724. The molecule has 4 N–H and O–H groups in total. The van der Waals surface area contributed by atoms with Crippen molar-refractivity contribution in [1.82, 2.24) is 29.0 Å². The van der Waals surface area contributed by atoms with E-state index in [-0.39, 0.29) is 24.6 Å². The van der Waals surface area contributed by atoms with Crippen LogP contribution in [0.4, 0.5) is 16.9 Å². The first-order valence-electron chi connectivity index (χ1n) is 13.1. The molecule has 38 heavy (non-hydrogen) atoms. The Balaban J connectivity index is 1.54. The molecule has 4 atom stereocenters. The summed E-state index contributed by atoms with van der Waals surface area (Å²) in [5.74, 6) is 1.70. The van der Waals surface area contributed by atoms with E-state index in [9.17, 15) is 9.66 Å². The van der Waals surface area contributed by atoms with E-state index in [2.05, 4.69) is 51.7 Å². The largest absolute Gasteiger partial charge is 0.579 e. The average Bonchev–Trinajstić information content (AvgIpc) is 3.56. The quantitative estimate of drug-likeness (QED) is 0.215. The number of aliphatic hydroxyl groups is 1. The Bertz CT molecular complexity index is 1220. The lowest BCUT2D eigenvalue weighted by molar-refractivity contribution is 0.242. The zero-order valence-corrected chi connectivity index (χ0v) is 24.0. The Hall–Kier alpha value is -2.47. The summed E-state index contributed by atoms with van der Waals surface area (Å²) in [6.45, 7) is 7.57. The van der Waals surface area contributed by atoms with Crippen LogP contribution in [-0.4, -0.2) is 66.1 Å². The molecule has 11 nitrogen and oxygen atoms in total. The van der Waals surface area contributed by atoms with Crippen LogP contribution in [0.25, 0.3) is 11.0 Å². The lowest BCUT2D eigenvalue weighted by Crippen LogP contribution is -2.56. The van der Waals surface area contributed by atoms with Crippen LogP contribution in [0.3, 0.4) is 0 Å². The Morgan fingerprint density at radius 1 is 1.34 bits per heavy atom. The molecular weight excluding hydrogens is 522 g/mol. The molecule has 0 spiro atoms. The number of aliphatic hydroxyl groups excluding tert-OH is 1. The van der Waals surface area contributed by atoms with E-state index in [1.54, 1.807) is 6.20 Å². The number of nitrogens with zero attached hydrogens (tertiary/aromatic N) is 6. The second-order valence-corrected chi connectivity index (χ2v) is 12.3. The maximum Gasteiger partial charge on any atom is 0.229 e. The van der Waals surface area contributed by atoms with Crippen molar-refractivity contribution >= 4 is 50.8 Å². The van der Waals surface area contributed by atoms with Crippen molar-refractivity contribution in [2.75, 3.05) is 30.4 Å². The topological polar surface area (TPSA) is 152 Å². The second kappa shape index (κ2) is 13.1. The lowest BCUT2D eigenvalue weighted by atomic mass is 9.93. The monoisotopic (exact) mass is 559 g/mol. The normalized spacial score (nSPS) is 17.5.